The highest BCUT2D eigenvalue weighted by Crippen LogP contribution is 1.93. The van der Waals surface area contributed by atoms with Crippen LogP contribution >= 0.6 is 12.6 Å². The Morgan fingerprint density at radius 2 is 2.22 bits per heavy atom. The minimum absolute atomic E-state index is 0.329. The molecule has 56 valence electrons. The molecule has 0 amide bonds. The van der Waals surface area contributed by atoms with Crippen molar-refractivity contribution in [3.8, 4) is 0 Å². The topological polar surface area (TPSA) is 23.5 Å². The lowest BCUT2D eigenvalue weighted by molar-refractivity contribution is 0.0389. The highest BCUT2D eigenvalue weighted by Gasteiger charge is 2.01. The molecular formula is C6H15NOS. The number of nitrogens with zero attached hydrogens (tertiary/aromatic N) is 1. The molecule has 0 heterocycles. The Morgan fingerprint density at radius 1 is 1.67 bits per heavy atom. The summed E-state index contributed by atoms with van der Waals surface area (Å²) < 4.78 is 0. The van der Waals surface area contributed by atoms with E-state index in [0.717, 1.165) is 18.7 Å². The Bertz CT molecular complexity index is 68.1. The number of thiol groups is 1. The highest BCUT2D eigenvalue weighted by atomic mass is 32.1. The van der Waals surface area contributed by atoms with Crippen molar-refractivity contribution < 1.29 is 5.11 Å². The van der Waals surface area contributed by atoms with Gasteiger partial charge in [0.1, 0.15) is 6.23 Å². The molecule has 0 radical (unpaired) electrons. The van der Waals surface area contributed by atoms with Gasteiger partial charge in [0.25, 0.3) is 0 Å². The van der Waals surface area contributed by atoms with Crippen molar-refractivity contribution in [1.82, 2.24) is 4.90 Å². The lowest BCUT2D eigenvalue weighted by Crippen LogP contribution is -2.29. The molecule has 0 aliphatic carbocycles. The fourth-order valence-electron chi connectivity index (χ4n) is 0.507. The molecule has 0 rings (SSSR count). The van der Waals surface area contributed by atoms with Gasteiger partial charge in [-0.3, -0.25) is 4.90 Å². The molecular weight excluding hydrogens is 134 g/mol. The van der Waals surface area contributed by atoms with Gasteiger partial charge >= 0.3 is 0 Å². The van der Waals surface area contributed by atoms with Crippen LogP contribution in [0.1, 0.15) is 13.3 Å². The van der Waals surface area contributed by atoms with Crippen molar-refractivity contribution in [2.24, 2.45) is 0 Å². The van der Waals surface area contributed by atoms with Crippen molar-refractivity contribution in [1.29, 1.82) is 0 Å². The van der Waals surface area contributed by atoms with Gasteiger partial charge in [0, 0.05) is 6.54 Å². The third-order valence-corrected chi connectivity index (χ3v) is 1.62. The van der Waals surface area contributed by atoms with Gasteiger partial charge in [0.05, 0.1) is 0 Å². The Labute approximate surface area is 62.3 Å². The van der Waals surface area contributed by atoms with Gasteiger partial charge in [-0.1, -0.05) is 0 Å². The molecule has 0 spiro atoms. The number of rotatable bonds is 4. The Morgan fingerprint density at radius 3 is 2.56 bits per heavy atom. The maximum absolute atomic E-state index is 8.95. The summed E-state index contributed by atoms with van der Waals surface area (Å²) in [7, 11) is 1.90. The average molecular weight is 149 g/mol. The van der Waals surface area contributed by atoms with E-state index >= 15 is 0 Å². The second-order valence-electron chi connectivity index (χ2n) is 2.19. The normalized spacial score (nSPS) is 14.3. The van der Waals surface area contributed by atoms with Crippen molar-refractivity contribution in [2.45, 2.75) is 19.6 Å². The van der Waals surface area contributed by atoms with E-state index in [0.29, 0.717) is 0 Å². The molecule has 1 atom stereocenters. The van der Waals surface area contributed by atoms with Crippen LogP contribution in [-0.2, 0) is 0 Å². The van der Waals surface area contributed by atoms with Crippen molar-refractivity contribution >= 4 is 12.6 Å². The zero-order valence-electron chi connectivity index (χ0n) is 6.04. The molecule has 0 fully saturated rings. The SMILES string of the molecule is CC(O)N(C)CCCS. The van der Waals surface area contributed by atoms with Crippen molar-refractivity contribution in [3.05, 3.63) is 0 Å². The summed E-state index contributed by atoms with van der Waals surface area (Å²) in [6.07, 6.45) is 0.703. The molecule has 0 bridgehead atoms. The number of aliphatic hydroxyl groups is 1. The highest BCUT2D eigenvalue weighted by molar-refractivity contribution is 7.80. The monoisotopic (exact) mass is 149 g/mol. The predicted molar refractivity (Wildman–Crippen MR) is 42.8 cm³/mol. The quantitative estimate of drug-likeness (QED) is 0.451. The van der Waals surface area contributed by atoms with Gasteiger partial charge in [0.2, 0.25) is 0 Å². The van der Waals surface area contributed by atoms with Gasteiger partial charge in [0.15, 0.2) is 0 Å². The van der Waals surface area contributed by atoms with Crippen LogP contribution in [0.2, 0.25) is 0 Å². The fraction of sp³-hybridized carbons (Fsp3) is 1.00. The van der Waals surface area contributed by atoms with Crippen LogP contribution in [0.15, 0.2) is 0 Å². The molecule has 3 heteroatoms. The van der Waals surface area contributed by atoms with E-state index in [1.807, 2.05) is 11.9 Å². The van der Waals surface area contributed by atoms with E-state index in [1.54, 1.807) is 6.92 Å². The van der Waals surface area contributed by atoms with E-state index in [9.17, 15) is 0 Å². The lowest BCUT2D eigenvalue weighted by Gasteiger charge is -2.18. The van der Waals surface area contributed by atoms with E-state index in [2.05, 4.69) is 12.6 Å². The van der Waals surface area contributed by atoms with Crippen LogP contribution in [0.5, 0.6) is 0 Å². The minimum atomic E-state index is -0.329. The number of aliphatic hydroxyl groups excluding tert-OH is 1. The summed E-state index contributed by atoms with van der Waals surface area (Å²) in [5.74, 6) is 0.886. The molecule has 0 aliphatic rings. The van der Waals surface area contributed by atoms with E-state index in [4.69, 9.17) is 5.11 Å². The van der Waals surface area contributed by atoms with E-state index in [1.165, 1.54) is 0 Å². The number of hydrogen-bond donors (Lipinski definition) is 2. The third kappa shape index (κ3) is 4.75. The van der Waals surface area contributed by atoms with Crippen LogP contribution < -0.4 is 0 Å². The fourth-order valence-corrected chi connectivity index (χ4v) is 0.648. The first-order valence-corrected chi connectivity index (χ1v) is 3.81. The van der Waals surface area contributed by atoms with Gasteiger partial charge in [-0.15, -0.1) is 0 Å². The summed E-state index contributed by atoms with van der Waals surface area (Å²) in [5.41, 5.74) is 0. The first kappa shape index (κ1) is 9.27. The molecule has 0 saturated carbocycles. The van der Waals surface area contributed by atoms with Gasteiger partial charge in [-0.25, -0.2) is 0 Å². The Hall–Kier alpha value is 0.270. The summed E-state index contributed by atoms with van der Waals surface area (Å²) in [6, 6.07) is 0. The standard InChI is InChI=1S/C6H15NOS/c1-6(8)7(2)4-3-5-9/h6,8-9H,3-5H2,1-2H3. The van der Waals surface area contributed by atoms with Crippen molar-refractivity contribution in [2.75, 3.05) is 19.3 Å². The lowest BCUT2D eigenvalue weighted by atomic mass is 10.4. The molecule has 1 N–H and O–H groups in total. The molecule has 1 unspecified atom stereocenters. The first-order chi connectivity index (χ1) is 4.18. The smallest absolute Gasteiger partial charge is 0.104 e. The summed E-state index contributed by atoms with van der Waals surface area (Å²) in [5, 5.41) is 8.95. The van der Waals surface area contributed by atoms with Crippen LogP contribution in [0.3, 0.4) is 0 Å². The zero-order valence-corrected chi connectivity index (χ0v) is 6.93. The largest absolute Gasteiger partial charge is 0.379 e. The summed E-state index contributed by atoms with van der Waals surface area (Å²) in [6.45, 7) is 2.68. The summed E-state index contributed by atoms with van der Waals surface area (Å²) >= 11 is 4.06. The second kappa shape index (κ2) is 5.09. The molecule has 0 aromatic carbocycles. The van der Waals surface area contributed by atoms with Crippen molar-refractivity contribution in [3.63, 3.8) is 0 Å². The molecule has 0 aliphatic heterocycles. The second-order valence-corrected chi connectivity index (χ2v) is 2.64. The Balaban J connectivity index is 3.16. The van der Waals surface area contributed by atoms with E-state index in [-0.39, 0.29) is 6.23 Å². The Kier molecular flexibility index (Phi) is 5.24. The third-order valence-electron chi connectivity index (χ3n) is 1.31. The van der Waals surface area contributed by atoms with Gasteiger partial charge < -0.3 is 5.11 Å². The number of hydrogen-bond acceptors (Lipinski definition) is 3. The minimum Gasteiger partial charge on any atom is -0.379 e. The van der Waals surface area contributed by atoms with Crippen LogP contribution in [0, 0.1) is 0 Å². The molecule has 9 heavy (non-hydrogen) atoms. The average Bonchev–Trinajstić information content (AvgIpc) is 1.82. The van der Waals surface area contributed by atoms with Crippen LogP contribution in [0.25, 0.3) is 0 Å². The zero-order chi connectivity index (χ0) is 7.28. The van der Waals surface area contributed by atoms with Gasteiger partial charge in [-0.05, 0) is 26.1 Å². The first-order valence-electron chi connectivity index (χ1n) is 3.17. The molecule has 2 nitrogen and oxygen atoms in total. The summed E-state index contributed by atoms with van der Waals surface area (Å²) in [4.78, 5) is 1.89. The van der Waals surface area contributed by atoms with Crippen LogP contribution in [-0.4, -0.2) is 35.6 Å². The predicted octanol–water partition coefficient (Wildman–Crippen LogP) is 0.576. The maximum Gasteiger partial charge on any atom is 0.104 e. The molecule has 0 aromatic heterocycles. The van der Waals surface area contributed by atoms with Gasteiger partial charge in [-0.2, -0.15) is 12.6 Å². The van der Waals surface area contributed by atoms with Crippen LogP contribution in [0.4, 0.5) is 0 Å². The molecule has 0 aromatic rings. The van der Waals surface area contributed by atoms with E-state index < -0.39 is 0 Å². The maximum atomic E-state index is 8.95. The molecule has 0 saturated heterocycles.